The van der Waals surface area contributed by atoms with E-state index in [0.717, 1.165) is 0 Å². The Morgan fingerprint density at radius 2 is 2.00 bits per heavy atom. The fourth-order valence-corrected chi connectivity index (χ4v) is 0.631. The van der Waals surface area contributed by atoms with E-state index in [9.17, 15) is 4.79 Å². The molecule has 0 saturated heterocycles. The molecule has 0 rings (SSSR count). The number of methoxy groups -OCH3 is 1. The second-order valence-electron chi connectivity index (χ2n) is 4.09. The summed E-state index contributed by atoms with van der Waals surface area (Å²) >= 11 is 0. The Balaban J connectivity index is 3.84. The van der Waals surface area contributed by atoms with Crippen molar-refractivity contribution in [1.29, 1.82) is 0 Å². The molecular formula is C9H19NO2. The van der Waals surface area contributed by atoms with Crippen molar-refractivity contribution in [1.82, 2.24) is 5.32 Å². The third-order valence-electron chi connectivity index (χ3n) is 1.95. The second kappa shape index (κ2) is 4.45. The number of rotatable bonds is 3. The summed E-state index contributed by atoms with van der Waals surface area (Å²) in [6.45, 7) is 8.40. The number of hydrogen-bond donors (Lipinski definition) is 1. The van der Waals surface area contributed by atoms with E-state index in [4.69, 9.17) is 4.74 Å². The summed E-state index contributed by atoms with van der Waals surface area (Å²) in [7, 11) is 1.52. The Morgan fingerprint density at radius 3 is 2.33 bits per heavy atom. The lowest BCUT2D eigenvalue weighted by Gasteiger charge is -2.27. The summed E-state index contributed by atoms with van der Waals surface area (Å²) in [6.07, 6.45) is 0. The Morgan fingerprint density at radius 1 is 1.50 bits per heavy atom. The van der Waals surface area contributed by atoms with Gasteiger partial charge in [0.2, 0.25) is 5.91 Å². The standard InChI is InChI=1S/C9H19NO2/c1-7(9(2,3)4)10-8(11)6-12-5/h7H,6H2,1-5H3,(H,10,11). The van der Waals surface area contributed by atoms with E-state index in [0.29, 0.717) is 0 Å². The molecule has 3 heteroatoms. The zero-order chi connectivity index (χ0) is 9.78. The fourth-order valence-electron chi connectivity index (χ4n) is 0.631. The highest BCUT2D eigenvalue weighted by Crippen LogP contribution is 2.18. The normalized spacial score (nSPS) is 14.1. The maximum absolute atomic E-state index is 11.1. The zero-order valence-corrected chi connectivity index (χ0v) is 8.60. The number of amides is 1. The zero-order valence-electron chi connectivity index (χ0n) is 8.60. The van der Waals surface area contributed by atoms with Crippen LogP contribution in [-0.2, 0) is 9.53 Å². The predicted octanol–water partition coefficient (Wildman–Crippen LogP) is 1.18. The van der Waals surface area contributed by atoms with Crippen molar-refractivity contribution in [2.24, 2.45) is 5.41 Å². The van der Waals surface area contributed by atoms with Gasteiger partial charge in [0, 0.05) is 13.2 Å². The van der Waals surface area contributed by atoms with E-state index < -0.39 is 0 Å². The van der Waals surface area contributed by atoms with Crippen LogP contribution in [0.4, 0.5) is 0 Å². The number of ether oxygens (including phenoxy) is 1. The van der Waals surface area contributed by atoms with Crippen LogP contribution in [0.2, 0.25) is 0 Å². The minimum absolute atomic E-state index is 0.0556. The lowest BCUT2D eigenvalue weighted by Crippen LogP contribution is -2.42. The molecule has 0 aromatic heterocycles. The molecule has 0 bridgehead atoms. The lowest BCUT2D eigenvalue weighted by atomic mass is 9.88. The van der Waals surface area contributed by atoms with Crippen molar-refractivity contribution < 1.29 is 9.53 Å². The number of hydrogen-bond acceptors (Lipinski definition) is 2. The van der Waals surface area contributed by atoms with E-state index in [-0.39, 0.29) is 24.0 Å². The second-order valence-corrected chi connectivity index (χ2v) is 4.09. The van der Waals surface area contributed by atoms with Gasteiger partial charge in [0.25, 0.3) is 0 Å². The van der Waals surface area contributed by atoms with E-state index >= 15 is 0 Å². The first kappa shape index (κ1) is 11.4. The van der Waals surface area contributed by atoms with Crippen LogP contribution in [0.15, 0.2) is 0 Å². The third kappa shape index (κ3) is 4.34. The van der Waals surface area contributed by atoms with Gasteiger partial charge < -0.3 is 10.1 Å². The van der Waals surface area contributed by atoms with Gasteiger partial charge in [0.15, 0.2) is 0 Å². The molecule has 0 saturated carbocycles. The topological polar surface area (TPSA) is 38.3 Å². The summed E-state index contributed by atoms with van der Waals surface area (Å²) in [4.78, 5) is 11.1. The average molecular weight is 173 g/mol. The Bertz CT molecular complexity index is 149. The molecule has 0 spiro atoms. The van der Waals surface area contributed by atoms with Crippen LogP contribution < -0.4 is 5.32 Å². The third-order valence-corrected chi connectivity index (χ3v) is 1.95. The molecular weight excluding hydrogens is 154 g/mol. The van der Waals surface area contributed by atoms with Gasteiger partial charge in [-0.05, 0) is 12.3 Å². The van der Waals surface area contributed by atoms with E-state index in [1.54, 1.807) is 0 Å². The van der Waals surface area contributed by atoms with Crippen LogP contribution in [-0.4, -0.2) is 25.7 Å². The minimum Gasteiger partial charge on any atom is -0.375 e. The molecule has 0 aliphatic carbocycles. The molecule has 0 heterocycles. The molecule has 3 nitrogen and oxygen atoms in total. The van der Waals surface area contributed by atoms with Crippen LogP contribution in [0.5, 0.6) is 0 Å². The van der Waals surface area contributed by atoms with Gasteiger partial charge >= 0.3 is 0 Å². The summed E-state index contributed by atoms with van der Waals surface area (Å²) in [5.41, 5.74) is 0.101. The van der Waals surface area contributed by atoms with Crippen LogP contribution in [0.3, 0.4) is 0 Å². The van der Waals surface area contributed by atoms with Crippen molar-refractivity contribution in [3.8, 4) is 0 Å². The van der Waals surface area contributed by atoms with Crippen molar-refractivity contribution in [3.63, 3.8) is 0 Å². The first-order chi connectivity index (χ1) is 5.38. The van der Waals surface area contributed by atoms with Crippen molar-refractivity contribution in [2.75, 3.05) is 13.7 Å². The summed E-state index contributed by atoms with van der Waals surface area (Å²) in [5, 5.41) is 2.86. The van der Waals surface area contributed by atoms with Crippen molar-refractivity contribution in [3.05, 3.63) is 0 Å². The first-order valence-corrected chi connectivity index (χ1v) is 4.16. The molecule has 72 valence electrons. The van der Waals surface area contributed by atoms with Gasteiger partial charge in [0.05, 0.1) is 0 Å². The Kier molecular flexibility index (Phi) is 4.24. The van der Waals surface area contributed by atoms with Gasteiger partial charge in [-0.25, -0.2) is 0 Å². The molecule has 0 fully saturated rings. The molecule has 1 unspecified atom stereocenters. The average Bonchev–Trinajstić information content (AvgIpc) is 1.85. The first-order valence-electron chi connectivity index (χ1n) is 4.16. The molecule has 0 aliphatic rings. The van der Waals surface area contributed by atoms with Crippen LogP contribution in [0.25, 0.3) is 0 Å². The molecule has 0 aromatic rings. The minimum atomic E-state index is -0.0556. The van der Waals surface area contributed by atoms with E-state index in [2.05, 4.69) is 26.1 Å². The predicted molar refractivity (Wildman–Crippen MR) is 48.9 cm³/mol. The molecule has 1 atom stereocenters. The maximum atomic E-state index is 11.1. The number of carbonyl (C=O) groups is 1. The van der Waals surface area contributed by atoms with E-state index in [1.807, 2.05) is 6.92 Å². The molecule has 0 aromatic carbocycles. The summed E-state index contributed by atoms with van der Waals surface area (Å²) in [6, 6.07) is 0.167. The highest BCUT2D eigenvalue weighted by Gasteiger charge is 2.21. The largest absolute Gasteiger partial charge is 0.375 e. The number of carbonyl (C=O) groups excluding carboxylic acids is 1. The Labute approximate surface area is 74.5 Å². The molecule has 1 N–H and O–H groups in total. The summed E-state index contributed by atoms with van der Waals surface area (Å²) in [5.74, 6) is -0.0556. The molecule has 1 amide bonds. The smallest absolute Gasteiger partial charge is 0.246 e. The quantitative estimate of drug-likeness (QED) is 0.696. The van der Waals surface area contributed by atoms with Gasteiger partial charge in [0.1, 0.15) is 6.61 Å². The van der Waals surface area contributed by atoms with E-state index in [1.165, 1.54) is 7.11 Å². The van der Waals surface area contributed by atoms with Crippen LogP contribution >= 0.6 is 0 Å². The lowest BCUT2D eigenvalue weighted by molar-refractivity contribution is -0.126. The van der Waals surface area contributed by atoms with Gasteiger partial charge in [-0.1, -0.05) is 20.8 Å². The fraction of sp³-hybridized carbons (Fsp3) is 0.889. The molecule has 12 heavy (non-hydrogen) atoms. The highest BCUT2D eigenvalue weighted by molar-refractivity contribution is 5.77. The van der Waals surface area contributed by atoms with Crippen LogP contribution in [0.1, 0.15) is 27.7 Å². The van der Waals surface area contributed by atoms with Gasteiger partial charge in [-0.2, -0.15) is 0 Å². The molecule has 0 radical (unpaired) electrons. The maximum Gasteiger partial charge on any atom is 0.246 e. The van der Waals surface area contributed by atoms with Crippen molar-refractivity contribution in [2.45, 2.75) is 33.7 Å². The summed E-state index contributed by atoms with van der Waals surface area (Å²) < 4.78 is 4.71. The van der Waals surface area contributed by atoms with Crippen molar-refractivity contribution >= 4 is 5.91 Å². The highest BCUT2D eigenvalue weighted by atomic mass is 16.5. The monoisotopic (exact) mass is 173 g/mol. The Hall–Kier alpha value is -0.570. The van der Waals surface area contributed by atoms with Gasteiger partial charge in [-0.15, -0.1) is 0 Å². The number of nitrogens with one attached hydrogen (secondary N) is 1. The van der Waals surface area contributed by atoms with Crippen LogP contribution in [0, 0.1) is 5.41 Å². The SMILES string of the molecule is COCC(=O)NC(C)C(C)(C)C. The molecule has 0 aliphatic heterocycles. The van der Waals surface area contributed by atoms with Gasteiger partial charge in [-0.3, -0.25) is 4.79 Å².